The lowest BCUT2D eigenvalue weighted by molar-refractivity contribution is 0.979. The first-order chi connectivity index (χ1) is 23.7. The number of thioether (sulfide) groups is 1. The number of aryl methyl sites for hydroxylation is 1. The molecule has 1 aliphatic heterocycles. The zero-order valence-corrected chi connectivity index (χ0v) is 28.4. The van der Waals surface area contributed by atoms with E-state index in [-0.39, 0.29) is 0 Å². The molecule has 6 aromatic carbocycles. The number of nitrogens with zero attached hydrogens (tertiary/aromatic N) is 3. The Hall–Kier alpha value is -5.01. The molecule has 0 aliphatic carbocycles. The summed E-state index contributed by atoms with van der Waals surface area (Å²) >= 11 is 5.35. The molecular formula is C42H29N3S3. The molecule has 3 heterocycles. The second-order valence-electron chi connectivity index (χ2n) is 11.8. The molecule has 0 fully saturated rings. The van der Waals surface area contributed by atoms with Crippen LogP contribution in [0.2, 0.25) is 0 Å². The third-order valence-corrected chi connectivity index (χ3v) is 12.0. The Labute approximate surface area is 291 Å². The Morgan fingerprint density at radius 3 is 1.62 bits per heavy atom. The second kappa shape index (κ2) is 12.5. The number of thiazole rings is 2. The van der Waals surface area contributed by atoms with Crippen molar-refractivity contribution in [3.05, 3.63) is 163 Å². The van der Waals surface area contributed by atoms with Crippen molar-refractivity contribution in [3.8, 4) is 21.1 Å². The Bertz CT molecular complexity index is 2290. The molecule has 8 aromatic rings. The van der Waals surface area contributed by atoms with E-state index in [0.717, 1.165) is 62.1 Å². The van der Waals surface area contributed by atoms with Crippen molar-refractivity contribution in [2.24, 2.45) is 0 Å². The van der Waals surface area contributed by atoms with Crippen molar-refractivity contribution < 1.29 is 0 Å². The molecule has 9 rings (SSSR count). The van der Waals surface area contributed by atoms with E-state index < -0.39 is 0 Å². The fraction of sp³-hybridized carbons (Fsp3) is 0.0476. The molecule has 0 saturated carbocycles. The topological polar surface area (TPSA) is 29.0 Å². The minimum absolute atomic E-state index is 1.02. The predicted molar refractivity (Wildman–Crippen MR) is 207 cm³/mol. The predicted octanol–water partition coefficient (Wildman–Crippen LogP) is 12.8. The number of aromatic nitrogens is 2. The molecule has 1 aliphatic rings. The van der Waals surface area contributed by atoms with Crippen molar-refractivity contribution in [2.45, 2.75) is 17.7 Å². The van der Waals surface area contributed by atoms with Crippen LogP contribution in [0.15, 0.2) is 157 Å². The molecule has 0 amide bonds. The van der Waals surface area contributed by atoms with Gasteiger partial charge in [0.2, 0.25) is 0 Å². The second-order valence-corrected chi connectivity index (χ2v) is 14.9. The van der Waals surface area contributed by atoms with Crippen molar-refractivity contribution in [3.63, 3.8) is 0 Å². The standard InChI is InChI=1S/C42H29N3S3/c1-4-21-37-28(11-1)12-10-24-38(46-37)29-13-7-16-32(25-29)45(33-17-8-14-30(26-33)41-43-35-19-2-5-22-39(35)47-41)34-18-9-15-31(27-34)42-44-36-20-3-6-23-40(36)48-42/h1-9,11,13-27H,10,12H2. The van der Waals surface area contributed by atoms with Gasteiger partial charge in [-0.15, -0.1) is 22.7 Å². The molecule has 0 unspecified atom stereocenters. The van der Waals surface area contributed by atoms with Gasteiger partial charge in [0.05, 0.1) is 20.4 Å². The van der Waals surface area contributed by atoms with Crippen LogP contribution in [0.1, 0.15) is 17.5 Å². The smallest absolute Gasteiger partial charge is 0.124 e. The summed E-state index contributed by atoms with van der Waals surface area (Å²) in [6, 6.07) is 52.0. The Kier molecular flexibility index (Phi) is 7.62. The van der Waals surface area contributed by atoms with Gasteiger partial charge in [-0.3, -0.25) is 0 Å². The van der Waals surface area contributed by atoms with E-state index in [0.29, 0.717) is 0 Å². The van der Waals surface area contributed by atoms with Gasteiger partial charge in [0.1, 0.15) is 10.0 Å². The highest BCUT2D eigenvalue weighted by Crippen LogP contribution is 2.44. The molecule has 6 heteroatoms. The van der Waals surface area contributed by atoms with E-state index in [9.17, 15) is 0 Å². The van der Waals surface area contributed by atoms with E-state index in [2.05, 4.69) is 157 Å². The summed E-state index contributed by atoms with van der Waals surface area (Å²) in [4.78, 5) is 15.0. The van der Waals surface area contributed by atoms with Gasteiger partial charge in [0, 0.05) is 38.0 Å². The molecule has 0 saturated heterocycles. The maximum absolute atomic E-state index is 4.99. The monoisotopic (exact) mass is 671 g/mol. The van der Waals surface area contributed by atoms with Crippen LogP contribution >= 0.6 is 34.4 Å². The van der Waals surface area contributed by atoms with Crippen LogP contribution in [0.3, 0.4) is 0 Å². The summed E-state index contributed by atoms with van der Waals surface area (Å²) < 4.78 is 2.39. The number of benzene rings is 6. The highest BCUT2D eigenvalue weighted by atomic mass is 32.2. The van der Waals surface area contributed by atoms with Gasteiger partial charge < -0.3 is 4.90 Å². The molecule has 0 atom stereocenters. The molecule has 2 aromatic heterocycles. The van der Waals surface area contributed by atoms with Crippen LogP contribution < -0.4 is 4.90 Å². The Balaban J connectivity index is 1.17. The Morgan fingerprint density at radius 1 is 0.500 bits per heavy atom. The molecule has 0 N–H and O–H groups in total. The average molecular weight is 672 g/mol. The van der Waals surface area contributed by atoms with Gasteiger partial charge in [0.15, 0.2) is 0 Å². The van der Waals surface area contributed by atoms with Gasteiger partial charge >= 0.3 is 0 Å². The van der Waals surface area contributed by atoms with Gasteiger partial charge in [-0.1, -0.05) is 96.7 Å². The first-order valence-corrected chi connectivity index (χ1v) is 18.5. The van der Waals surface area contributed by atoms with E-state index in [1.54, 1.807) is 22.7 Å². The van der Waals surface area contributed by atoms with Crippen LogP contribution in [0, 0.1) is 0 Å². The number of allylic oxidation sites excluding steroid dienone is 1. The minimum atomic E-state index is 1.02. The number of fused-ring (bicyclic) bond motifs is 3. The zero-order chi connectivity index (χ0) is 31.9. The average Bonchev–Trinajstić information content (AvgIpc) is 3.71. The maximum atomic E-state index is 4.99. The number of para-hydroxylation sites is 2. The van der Waals surface area contributed by atoms with Gasteiger partial charge in [0.25, 0.3) is 0 Å². The first kappa shape index (κ1) is 29.2. The van der Waals surface area contributed by atoms with Crippen LogP contribution in [0.5, 0.6) is 0 Å². The summed E-state index contributed by atoms with van der Waals surface area (Å²) in [5.41, 5.74) is 10.2. The number of rotatable bonds is 6. The molecule has 3 nitrogen and oxygen atoms in total. The van der Waals surface area contributed by atoms with E-state index in [4.69, 9.17) is 9.97 Å². The lowest BCUT2D eigenvalue weighted by atomic mass is 10.1. The fourth-order valence-corrected chi connectivity index (χ4v) is 9.35. The van der Waals surface area contributed by atoms with Crippen molar-refractivity contribution in [1.29, 1.82) is 0 Å². The normalized spacial score (nSPS) is 12.9. The fourth-order valence-electron chi connectivity index (χ4n) is 6.30. The summed E-state index contributed by atoms with van der Waals surface area (Å²) in [6.07, 6.45) is 4.49. The molecule has 0 spiro atoms. The lowest BCUT2D eigenvalue weighted by Gasteiger charge is -2.27. The summed E-state index contributed by atoms with van der Waals surface area (Å²) in [7, 11) is 0. The van der Waals surface area contributed by atoms with E-state index >= 15 is 0 Å². The highest BCUT2D eigenvalue weighted by Gasteiger charge is 2.19. The molecule has 0 radical (unpaired) electrons. The van der Waals surface area contributed by atoms with Crippen LogP contribution in [0.25, 0.3) is 46.5 Å². The van der Waals surface area contributed by atoms with E-state index in [1.807, 2.05) is 11.8 Å². The Morgan fingerprint density at radius 2 is 1.02 bits per heavy atom. The van der Waals surface area contributed by atoms with E-state index in [1.165, 1.54) is 30.3 Å². The van der Waals surface area contributed by atoms with Crippen molar-refractivity contribution in [2.75, 3.05) is 4.90 Å². The van der Waals surface area contributed by atoms with Crippen molar-refractivity contribution in [1.82, 2.24) is 9.97 Å². The number of anilines is 3. The summed E-state index contributed by atoms with van der Waals surface area (Å²) in [5.74, 6) is 0. The highest BCUT2D eigenvalue weighted by molar-refractivity contribution is 8.08. The third-order valence-electron chi connectivity index (χ3n) is 8.62. The van der Waals surface area contributed by atoms with Crippen LogP contribution in [-0.4, -0.2) is 9.97 Å². The number of hydrogen-bond acceptors (Lipinski definition) is 6. The quantitative estimate of drug-likeness (QED) is 0.176. The van der Waals surface area contributed by atoms with Crippen LogP contribution in [0.4, 0.5) is 17.1 Å². The molecular weight excluding hydrogens is 643 g/mol. The maximum Gasteiger partial charge on any atom is 0.124 e. The van der Waals surface area contributed by atoms with Gasteiger partial charge in [-0.05, 0) is 90.7 Å². The summed E-state index contributed by atoms with van der Waals surface area (Å²) in [5, 5.41) is 2.04. The first-order valence-electron chi connectivity index (χ1n) is 16.0. The summed E-state index contributed by atoms with van der Waals surface area (Å²) in [6.45, 7) is 0. The lowest BCUT2D eigenvalue weighted by Crippen LogP contribution is -2.10. The molecule has 48 heavy (non-hydrogen) atoms. The molecule has 230 valence electrons. The molecule has 0 bridgehead atoms. The number of hydrogen-bond donors (Lipinski definition) is 0. The van der Waals surface area contributed by atoms with Crippen LogP contribution in [-0.2, 0) is 6.42 Å². The third kappa shape index (κ3) is 5.62. The SMILES string of the molecule is C1=C(c2cccc(N(c3cccc(-c4nc5ccccc5s4)c3)c3cccc(-c4nc5ccccc5s4)c3)c2)Sc2ccccc2CC1. The van der Waals surface area contributed by atoms with Gasteiger partial charge in [-0.2, -0.15) is 0 Å². The van der Waals surface area contributed by atoms with Crippen molar-refractivity contribution >= 4 is 76.8 Å². The minimum Gasteiger partial charge on any atom is -0.310 e. The van der Waals surface area contributed by atoms with Gasteiger partial charge in [-0.25, -0.2) is 9.97 Å². The largest absolute Gasteiger partial charge is 0.310 e. The zero-order valence-electron chi connectivity index (χ0n) is 25.9.